The zero-order valence-corrected chi connectivity index (χ0v) is 7.60. The molecule has 0 saturated carbocycles. The van der Waals surface area contributed by atoms with Gasteiger partial charge in [-0.1, -0.05) is 0 Å². The molecule has 0 aromatic carbocycles. The van der Waals surface area contributed by atoms with Gasteiger partial charge in [0, 0.05) is 14.2 Å². The molecule has 41 valence electrons. The van der Waals surface area contributed by atoms with Gasteiger partial charge in [-0.15, -0.1) is 0 Å². The third kappa shape index (κ3) is 1.70. The summed E-state index contributed by atoms with van der Waals surface area (Å²) in [6.07, 6.45) is 4.49. The fourth-order valence-electron chi connectivity index (χ4n) is 0.346. The van der Waals surface area contributed by atoms with Crippen molar-refractivity contribution in [3.8, 4) is 0 Å². The highest BCUT2D eigenvalue weighted by Crippen LogP contribution is 2.09. The Morgan fingerprint density at radius 2 is 2.50 bits per heavy atom. The maximum absolute atomic E-state index is 3.80. The molecule has 1 heterocycles. The van der Waals surface area contributed by atoms with Crippen molar-refractivity contribution >= 4 is 38.5 Å². The molecule has 0 amide bonds. The van der Waals surface area contributed by atoms with Crippen LogP contribution >= 0.6 is 38.5 Å². The van der Waals surface area contributed by atoms with Gasteiger partial charge in [-0.05, 0) is 44.6 Å². The fourth-order valence-corrected chi connectivity index (χ4v) is 1.58. The van der Waals surface area contributed by atoms with Gasteiger partial charge < -0.3 is 0 Å². The van der Waals surface area contributed by atoms with Crippen LogP contribution in [0.5, 0.6) is 0 Å². The van der Waals surface area contributed by atoms with Crippen molar-refractivity contribution < 1.29 is 0 Å². The fraction of sp³-hybridized carbons (Fsp3) is 0. The molecule has 0 aliphatic heterocycles. The van der Waals surface area contributed by atoms with E-state index in [4.69, 9.17) is 0 Å². The highest BCUT2D eigenvalue weighted by atomic mass is 127. The zero-order valence-electron chi connectivity index (χ0n) is 3.86. The Morgan fingerprint density at radius 1 is 1.75 bits per heavy atom. The van der Waals surface area contributed by atoms with E-state index in [0.29, 0.717) is 0 Å². The molecule has 0 fully saturated rings. The van der Waals surface area contributed by atoms with Crippen molar-refractivity contribution in [3.63, 3.8) is 0 Å². The summed E-state index contributed by atoms with van der Waals surface area (Å²) in [6, 6.07) is 1.95. The van der Waals surface area contributed by atoms with Crippen LogP contribution in [0.2, 0.25) is 0 Å². The molecule has 1 rings (SSSR count). The maximum atomic E-state index is 3.80. The SMILES string of the molecule is Brc1cn[c]c(I)c1. The number of aromatic nitrogens is 1. The highest BCUT2D eigenvalue weighted by molar-refractivity contribution is 14.1. The molecule has 0 saturated heterocycles. The third-order valence-electron chi connectivity index (χ3n) is 0.624. The summed E-state index contributed by atoms with van der Waals surface area (Å²) in [7, 11) is 0. The van der Waals surface area contributed by atoms with E-state index in [1.807, 2.05) is 6.07 Å². The van der Waals surface area contributed by atoms with Gasteiger partial charge in [0.2, 0.25) is 0 Å². The second-order valence-corrected chi connectivity index (χ2v) is 3.33. The molecule has 1 radical (unpaired) electrons. The lowest BCUT2D eigenvalue weighted by atomic mass is 10.5. The van der Waals surface area contributed by atoms with Crippen molar-refractivity contribution in [2.45, 2.75) is 0 Å². The minimum absolute atomic E-state index is 1.00. The average Bonchev–Trinajstić information content (AvgIpc) is 1.64. The first-order valence-electron chi connectivity index (χ1n) is 1.98. The van der Waals surface area contributed by atoms with Crippen molar-refractivity contribution in [2.75, 3.05) is 0 Å². The zero-order chi connectivity index (χ0) is 5.98. The minimum atomic E-state index is 1.00. The number of nitrogens with zero attached hydrogens (tertiary/aromatic N) is 1. The summed E-state index contributed by atoms with van der Waals surface area (Å²) >= 11 is 5.43. The van der Waals surface area contributed by atoms with E-state index < -0.39 is 0 Å². The Labute approximate surface area is 69.8 Å². The van der Waals surface area contributed by atoms with Gasteiger partial charge in [-0.25, -0.2) is 0 Å². The molecule has 0 N–H and O–H groups in total. The van der Waals surface area contributed by atoms with Gasteiger partial charge in [-0.3, -0.25) is 4.98 Å². The molecule has 0 atom stereocenters. The van der Waals surface area contributed by atoms with Gasteiger partial charge in [0.15, 0.2) is 0 Å². The van der Waals surface area contributed by atoms with Gasteiger partial charge in [-0.2, -0.15) is 0 Å². The van der Waals surface area contributed by atoms with E-state index >= 15 is 0 Å². The molecular formula is C5H2BrIN. The first-order chi connectivity index (χ1) is 3.79. The highest BCUT2D eigenvalue weighted by Gasteiger charge is 1.86. The molecule has 0 spiro atoms. The Kier molecular flexibility index (Phi) is 2.25. The molecule has 1 aromatic heterocycles. The first kappa shape index (κ1) is 6.48. The smallest absolute Gasteiger partial charge is 0.103 e. The Balaban J connectivity index is 3.08. The van der Waals surface area contributed by atoms with E-state index in [1.165, 1.54) is 0 Å². The number of hydrogen-bond acceptors (Lipinski definition) is 1. The predicted octanol–water partition coefficient (Wildman–Crippen LogP) is 2.25. The minimum Gasteiger partial charge on any atom is -0.252 e. The van der Waals surface area contributed by atoms with Crippen LogP contribution in [0.15, 0.2) is 16.7 Å². The first-order valence-corrected chi connectivity index (χ1v) is 3.85. The monoisotopic (exact) mass is 282 g/mol. The van der Waals surface area contributed by atoms with Crippen LogP contribution in [0.1, 0.15) is 0 Å². The normalized spacial score (nSPS) is 9.25. The quantitative estimate of drug-likeness (QED) is 0.665. The van der Waals surface area contributed by atoms with Gasteiger partial charge in [0.25, 0.3) is 0 Å². The number of pyridine rings is 1. The second kappa shape index (κ2) is 2.77. The van der Waals surface area contributed by atoms with E-state index in [1.54, 1.807) is 6.20 Å². The summed E-state index contributed by atoms with van der Waals surface area (Å²) in [5.74, 6) is 0. The van der Waals surface area contributed by atoms with E-state index in [-0.39, 0.29) is 0 Å². The molecule has 0 aliphatic rings. The average molecular weight is 283 g/mol. The van der Waals surface area contributed by atoms with Crippen molar-refractivity contribution in [3.05, 3.63) is 26.5 Å². The number of rotatable bonds is 0. The van der Waals surface area contributed by atoms with Crippen molar-refractivity contribution in [1.82, 2.24) is 4.98 Å². The lowest BCUT2D eigenvalue weighted by molar-refractivity contribution is 1.27. The molecule has 3 heteroatoms. The van der Waals surface area contributed by atoms with Crippen LogP contribution in [0.3, 0.4) is 0 Å². The lowest BCUT2D eigenvalue weighted by Crippen LogP contribution is -1.73. The number of hydrogen-bond donors (Lipinski definition) is 0. The third-order valence-corrected chi connectivity index (χ3v) is 1.61. The van der Waals surface area contributed by atoms with Crippen LogP contribution in [-0.4, -0.2) is 4.98 Å². The topological polar surface area (TPSA) is 12.9 Å². The van der Waals surface area contributed by atoms with Gasteiger partial charge in [0.1, 0.15) is 6.20 Å². The summed E-state index contributed by atoms with van der Waals surface area (Å²) in [5, 5.41) is 0. The molecule has 0 bridgehead atoms. The van der Waals surface area contributed by atoms with Gasteiger partial charge in [0.05, 0.1) is 0 Å². The summed E-state index contributed by atoms with van der Waals surface area (Å²) in [6.45, 7) is 0. The standard InChI is InChI=1S/C5H2BrIN/c6-4-1-5(7)3-8-2-4/h1-2H. The molecule has 1 nitrogen and oxygen atoms in total. The van der Waals surface area contributed by atoms with Gasteiger partial charge >= 0.3 is 0 Å². The summed E-state index contributed by atoms with van der Waals surface area (Å²) in [5.41, 5.74) is 0. The van der Waals surface area contributed by atoms with Crippen molar-refractivity contribution in [2.24, 2.45) is 0 Å². The Morgan fingerprint density at radius 3 is 2.88 bits per heavy atom. The molecule has 0 unspecified atom stereocenters. The van der Waals surface area contributed by atoms with Crippen LogP contribution in [0.4, 0.5) is 0 Å². The van der Waals surface area contributed by atoms with E-state index in [9.17, 15) is 0 Å². The lowest BCUT2D eigenvalue weighted by Gasteiger charge is -1.85. The summed E-state index contributed by atoms with van der Waals surface area (Å²) in [4.78, 5) is 3.80. The number of halogens is 2. The van der Waals surface area contributed by atoms with Crippen LogP contribution in [0.25, 0.3) is 0 Å². The Bertz CT molecular complexity index is 172. The maximum Gasteiger partial charge on any atom is 0.103 e. The molecule has 0 aliphatic carbocycles. The van der Waals surface area contributed by atoms with Crippen LogP contribution in [0, 0.1) is 9.77 Å². The molecular weight excluding hydrogens is 281 g/mol. The summed E-state index contributed by atoms with van der Waals surface area (Å²) < 4.78 is 2.03. The van der Waals surface area contributed by atoms with Crippen LogP contribution in [-0.2, 0) is 0 Å². The molecule has 8 heavy (non-hydrogen) atoms. The Hall–Kier alpha value is 0.360. The second-order valence-electron chi connectivity index (χ2n) is 1.25. The largest absolute Gasteiger partial charge is 0.252 e. The molecule has 1 aromatic rings. The van der Waals surface area contributed by atoms with Crippen LogP contribution < -0.4 is 0 Å². The van der Waals surface area contributed by atoms with E-state index in [2.05, 4.69) is 49.7 Å². The predicted molar refractivity (Wildman–Crippen MR) is 43.5 cm³/mol. The van der Waals surface area contributed by atoms with Crippen molar-refractivity contribution in [1.29, 1.82) is 0 Å². The van der Waals surface area contributed by atoms with E-state index in [0.717, 1.165) is 8.04 Å².